The predicted molar refractivity (Wildman–Crippen MR) is 85.8 cm³/mol. The summed E-state index contributed by atoms with van der Waals surface area (Å²) in [5.74, 6) is 0.182. The summed E-state index contributed by atoms with van der Waals surface area (Å²) in [4.78, 5) is 11.9. The molecule has 2 aromatic rings. The molecule has 7 heteroatoms. The van der Waals surface area contributed by atoms with Crippen LogP contribution in [-0.2, 0) is 0 Å². The first kappa shape index (κ1) is 14.7. The van der Waals surface area contributed by atoms with Gasteiger partial charge in [-0.1, -0.05) is 0 Å². The molecule has 0 fully saturated rings. The van der Waals surface area contributed by atoms with Crippen molar-refractivity contribution in [1.29, 1.82) is 0 Å². The Morgan fingerprint density at radius 2 is 1.76 bits per heavy atom. The summed E-state index contributed by atoms with van der Waals surface area (Å²) >= 11 is 5.28. The van der Waals surface area contributed by atoms with E-state index in [0.717, 1.165) is 5.69 Å². The Hall–Kier alpha value is -2.67. The highest BCUT2D eigenvalue weighted by molar-refractivity contribution is 7.80. The molecule has 2 N–H and O–H groups in total. The number of non-ortho nitro benzene ring substituents is 1. The van der Waals surface area contributed by atoms with Gasteiger partial charge >= 0.3 is 0 Å². The van der Waals surface area contributed by atoms with E-state index in [-0.39, 0.29) is 11.4 Å². The maximum atomic E-state index is 10.6. The molecule has 0 saturated heterocycles. The molecule has 0 saturated carbocycles. The van der Waals surface area contributed by atoms with Crippen molar-refractivity contribution in [2.24, 2.45) is 0 Å². The zero-order valence-electron chi connectivity index (χ0n) is 11.2. The SMILES string of the molecule is CN(C(=S)Nc1ccc([N+](=O)[O-])cc1)c1ccc(O)cc1. The van der Waals surface area contributed by atoms with E-state index in [1.165, 1.54) is 12.1 Å². The lowest BCUT2D eigenvalue weighted by Crippen LogP contribution is -2.30. The van der Waals surface area contributed by atoms with Crippen LogP contribution in [0.15, 0.2) is 48.5 Å². The normalized spacial score (nSPS) is 9.95. The van der Waals surface area contributed by atoms with Gasteiger partial charge in [-0.25, -0.2) is 0 Å². The first-order valence-corrected chi connectivity index (χ1v) is 6.46. The third-order valence-electron chi connectivity index (χ3n) is 2.87. The summed E-state index contributed by atoms with van der Waals surface area (Å²) in [5.41, 5.74) is 1.50. The lowest BCUT2D eigenvalue weighted by molar-refractivity contribution is -0.384. The van der Waals surface area contributed by atoms with Crippen molar-refractivity contribution in [2.75, 3.05) is 17.3 Å². The van der Waals surface area contributed by atoms with E-state index < -0.39 is 4.92 Å². The molecule has 0 heterocycles. The van der Waals surface area contributed by atoms with Crippen LogP contribution in [0.3, 0.4) is 0 Å². The van der Waals surface area contributed by atoms with Gasteiger partial charge in [-0.2, -0.15) is 0 Å². The monoisotopic (exact) mass is 303 g/mol. The number of hydrogen-bond donors (Lipinski definition) is 2. The smallest absolute Gasteiger partial charge is 0.269 e. The number of aromatic hydroxyl groups is 1. The molecule has 2 rings (SSSR count). The van der Waals surface area contributed by atoms with Gasteiger partial charge in [0.1, 0.15) is 5.75 Å². The highest BCUT2D eigenvalue weighted by atomic mass is 32.1. The molecule has 0 amide bonds. The highest BCUT2D eigenvalue weighted by Crippen LogP contribution is 2.19. The van der Waals surface area contributed by atoms with Crippen LogP contribution in [0, 0.1) is 10.1 Å². The lowest BCUT2D eigenvalue weighted by Gasteiger charge is -2.21. The molecule has 0 radical (unpaired) electrons. The van der Waals surface area contributed by atoms with Gasteiger partial charge in [0.2, 0.25) is 0 Å². The number of thiocarbonyl (C=S) groups is 1. The topological polar surface area (TPSA) is 78.6 Å². The van der Waals surface area contributed by atoms with Crippen LogP contribution in [0.2, 0.25) is 0 Å². The van der Waals surface area contributed by atoms with Crippen LogP contribution in [0.25, 0.3) is 0 Å². The summed E-state index contributed by atoms with van der Waals surface area (Å²) in [6.07, 6.45) is 0. The van der Waals surface area contributed by atoms with E-state index in [4.69, 9.17) is 12.2 Å². The fraction of sp³-hybridized carbons (Fsp3) is 0.0714. The molecule has 0 bridgehead atoms. The molecule has 0 atom stereocenters. The van der Waals surface area contributed by atoms with Crippen LogP contribution >= 0.6 is 12.2 Å². The van der Waals surface area contributed by atoms with Gasteiger partial charge in [0.15, 0.2) is 5.11 Å². The number of phenolic OH excluding ortho intramolecular Hbond substituents is 1. The molecule has 0 aromatic heterocycles. The van der Waals surface area contributed by atoms with Crippen LogP contribution in [-0.4, -0.2) is 22.2 Å². The van der Waals surface area contributed by atoms with Gasteiger partial charge in [0, 0.05) is 30.6 Å². The summed E-state index contributed by atoms with van der Waals surface area (Å²) in [6, 6.07) is 12.6. The van der Waals surface area contributed by atoms with Gasteiger partial charge < -0.3 is 15.3 Å². The zero-order valence-corrected chi connectivity index (χ0v) is 12.0. The third-order valence-corrected chi connectivity index (χ3v) is 3.25. The number of nitrogens with zero attached hydrogens (tertiary/aromatic N) is 2. The Kier molecular flexibility index (Phi) is 4.34. The van der Waals surface area contributed by atoms with Crippen molar-refractivity contribution in [2.45, 2.75) is 0 Å². The molecule has 0 aliphatic heterocycles. The zero-order chi connectivity index (χ0) is 15.4. The lowest BCUT2D eigenvalue weighted by atomic mass is 10.3. The maximum absolute atomic E-state index is 10.6. The number of nitrogens with one attached hydrogen (secondary N) is 1. The number of nitro benzene ring substituents is 1. The number of hydrogen-bond acceptors (Lipinski definition) is 4. The summed E-state index contributed by atoms with van der Waals surface area (Å²) in [6.45, 7) is 0. The minimum atomic E-state index is -0.454. The second-order valence-electron chi connectivity index (χ2n) is 4.31. The molecule has 6 nitrogen and oxygen atoms in total. The number of phenols is 1. The van der Waals surface area contributed by atoms with Crippen molar-refractivity contribution >= 4 is 34.4 Å². The predicted octanol–water partition coefficient (Wildman–Crippen LogP) is 3.13. The molecule has 0 aliphatic carbocycles. The molecule has 0 aliphatic rings. The van der Waals surface area contributed by atoms with E-state index in [1.807, 2.05) is 0 Å². The van der Waals surface area contributed by atoms with Gasteiger partial charge in [-0.15, -0.1) is 0 Å². The second kappa shape index (κ2) is 6.19. The van der Waals surface area contributed by atoms with Gasteiger partial charge in [0.05, 0.1) is 4.92 Å². The average Bonchev–Trinajstić information content (AvgIpc) is 2.47. The Balaban J connectivity index is 2.06. The first-order chi connectivity index (χ1) is 9.97. The van der Waals surface area contributed by atoms with Crippen LogP contribution in [0.1, 0.15) is 0 Å². The van der Waals surface area contributed by atoms with Gasteiger partial charge in [0.25, 0.3) is 5.69 Å². The molecule has 0 unspecified atom stereocenters. The second-order valence-corrected chi connectivity index (χ2v) is 4.70. The quantitative estimate of drug-likeness (QED) is 0.515. The van der Waals surface area contributed by atoms with E-state index in [0.29, 0.717) is 10.8 Å². The Bertz CT molecular complexity index is 656. The largest absolute Gasteiger partial charge is 0.508 e. The summed E-state index contributed by atoms with van der Waals surface area (Å²) in [7, 11) is 1.78. The number of anilines is 2. The minimum Gasteiger partial charge on any atom is -0.508 e. The fourth-order valence-corrected chi connectivity index (χ4v) is 1.89. The van der Waals surface area contributed by atoms with E-state index in [1.54, 1.807) is 48.3 Å². The van der Waals surface area contributed by atoms with Gasteiger partial charge in [-0.05, 0) is 48.6 Å². The molecule has 2 aromatic carbocycles. The van der Waals surface area contributed by atoms with E-state index >= 15 is 0 Å². The summed E-state index contributed by atoms with van der Waals surface area (Å²) in [5, 5.41) is 23.3. The fourth-order valence-electron chi connectivity index (χ4n) is 1.67. The third kappa shape index (κ3) is 3.67. The van der Waals surface area contributed by atoms with Crippen LogP contribution < -0.4 is 10.2 Å². The van der Waals surface area contributed by atoms with Crippen molar-refractivity contribution in [3.63, 3.8) is 0 Å². The van der Waals surface area contributed by atoms with E-state index in [9.17, 15) is 15.2 Å². The highest BCUT2D eigenvalue weighted by Gasteiger charge is 2.09. The van der Waals surface area contributed by atoms with Crippen LogP contribution in [0.4, 0.5) is 17.1 Å². The Labute approximate surface area is 126 Å². The molecular formula is C14H13N3O3S. The Morgan fingerprint density at radius 1 is 1.19 bits per heavy atom. The van der Waals surface area contributed by atoms with Crippen molar-refractivity contribution in [3.05, 3.63) is 58.6 Å². The van der Waals surface area contributed by atoms with Crippen molar-refractivity contribution in [3.8, 4) is 5.75 Å². The Morgan fingerprint density at radius 3 is 2.29 bits per heavy atom. The molecule has 21 heavy (non-hydrogen) atoms. The van der Waals surface area contributed by atoms with E-state index in [2.05, 4.69) is 5.32 Å². The molecule has 108 valence electrons. The molecular weight excluding hydrogens is 290 g/mol. The van der Waals surface area contributed by atoms with Crippen molar-refractivity contribution < 1.29 is 10.0 Å². The van der Waals surface area contributed by atoms with Crippen LogP contribution in [0.5, 0.6) is 5.75 Å². The number of nitro groups is 1. The summed E-state index contributed by atoms with van der Waals surface area (Å²) < 4.78 is 0. The number of rotatable bonds is 3. The standard InChI is InChI=1S/C14H13N3O3S/c1-16(11-6-8-13(18)9-7-11)14(21)15-10-2-4-12(5-3-10)17(19)20/h2-9,18H,1H3,(H,15,21). The van der Waals surface area contributed by atoms with Gasteiger partial charge in [-0.3, -0.25) is 10.1 Å². The minimum absolute atomic E-state index is 0.0263. The van der Waals surface area contributed by atoms with Crippen molar-refractivity contribution in [1.82, 2.24) is 0 Å². The maximum Gasteiger partial charge on any atom is 0.269 e. The average molecular weight is 303 g/mol. The molecule has 0 spiro atoms. The number of benzene rings is 2. The first-order valence-electron chi connectivity index (χ1n) is 6.05.